The average Bonchev–Trinajstić information content (AvgIpc) is 3.29. The molecule has 0 bridgehead atoms. The number of nitrogens with one attached hydrogen (secondary N) is 4. The van der Waals surface area contributed by atoms with Crippen molar-refractivity contribution in [1.82, 2.24) is 20.3 Å². The Bertz CT molecular complexity index is 1450. The molecule has 10 nitrogen and oxygen atoms in total. The van der Waals surface area contributed by atoms with Crippen molar-refractivity contribution in [3.8, 4) is 17.2 Å². The van der Waals surface area contributed by atoms with E-state index < -0.39 is 0 Å². The number of aryl methyl sites for hydroxylation is 2. The van der Waals surface area contributed by atoms with Crippen LogP contribution in [0.15, 0.2) is 53.7 Å². The molecule has 0 aliphatic carbocycles. The molecule has 0 atom stereocenters. The molecule has 2 aromatic heterocycles. The molecule has 0 unspecified atom stereocenters. The Morgan fingerprint density at radius 3 is 2.34 bits per heavy atom. The fourth-order valence-corrected chi connectivity index (χ4v) is 4.16. The van der Waals surface area contributed by atoms with Crippen molar-refractivity contribution < 1.29 is 14.2 Å². The van der Waals surface area contributed by atoms with Gasteiger partial charge in [0.1, 0.15) is 17.2 Å². The largest absolute Gasteiger partial charge is 0.497 e. The molecule has 0 amide bonds. The summed E-state index contributed by atoms with van der Waals surface area (Å²) in [6.07, 6.45) is 2.69. The van der Waals surface area contributed by atoms with Gasteiger partial charge in [-0.05, 0) is 74.4 Å². The number of H-pyrrole nitrogens is 1. The van der Waals surface area contributed by atoms with Gasteiger partial charge in [-0.3, -0.25) is 10.3 Å². The molecule has 0 aliphatic rings. The fraction of sp³-hybridized carbons (Fsp3) is 0.259. The molecule has 0 spiro atoms. The lowest BCUT2D eigenvalue weighted by Gasteiger charge is -2.16. The van der Waals surface area contributed by atoms with Crippen molar-refractivity contribution in [1.29, 1.82) is 0 Å². The smallest absolute Gasteiger partial charge is 0.229 e. The summed E-state index contributed by atoms with van der Waals surface area (Å²) in [6, 6.07) is 13.3. The second-order valence-corrected chi connectivity index (χ2v) is 8.86. The zero-order valence-electron chi connectivity index (χ0n) is 22.0. The van der Waals surface area contributed by atoms with E-state index in [2.05, 4.69) is 30.9 Å². The van der Waals surface area contributed by atoms with Gasteiger partial charge in [-0.15, -0.1) is 0 Å². The molecule has 0 fully saturated rings. The molecular weight excluding hydrogens is 502 g/mol. The number of methoxy groups -OCH3 is 3. The van der Waals surface area contributed by atoms with Gasteiger partial charge >= 0.3 is 0 Å². The highest BCUT2D eigenvalue weighted by Gasteiger charge is 2.11. The van der Waals surface area contributed by atoms with Crippen LogP contribution >= 0.6 is 12.2 Å². The Hall–Kier alpha value is -4.38. The molecule has 0 saturated heterocycles. The summed E-state index contributed by atoms with van der Waals surface area (Å²) in [5, 5.41) is 10.9. The maximum Gasteiger partial charge on any atom is 0.229 e. The van der Waals surface area contributed by atoms with Crippen LogP contribution in [0.1, 0.15) is 17.0 Å². The molecule has 4 rings (SSSR count). The van der Waals surface area contributed by atoms with Gasteiger partial charge in [-0.1, -0.05) is 0 Å². The highest BCUT2D eigenvalue weighted by molar-refractivity contribution is 7.80. The highest BCUT2D eigenvalue weighted by Crippen LogP contribution is 2.29. The van der Waals surface area contributed by atoms with Gasteiger partial charge in [-0.25, -0.2) is 9.97 Å². The molecule has 4 aromatic rings. The van der Waals surface area contributed by atoms with E-state index >= 15 is 0 Å². The van der Waals surface area contributed by atoms with E-state index in [-0.39, 0.29) is 0 Å². The molecule has 198 valence electrons. The minimum Gasteiger partial charge on any atom is -0.497 e. The van der Waals surface area contributed by atoms with E-state index in [1.165, 1.54) is 0 Å². The number of benzene rings is 2. The third-order valence-electron chi connectivity index (χ3n) is 5.72. The fourth-order valence-electron chi connectivity index (χ4n) is 3.95. The quantitative estimate of drug-likeness (QED) is 0.146. The summed E-state index contributed by atoms with van der Waals surface area (Å²) in [5.74, 6) is 2.93. The Labute approximate surface area is 226 Å². The number of thiocarbonyl (C=S) groups is 1. The third-order valence-corrected chi connectivity index (χ3v) is 5.93. The lowest BCUT2D eigenvalue weighted by atomic mass is 10.1. The molecular formula is C27H31N7O3S. The lowest BCUT2D eigenvalue weighted by molar-refractivity contribution is 0.405. The molecule has 2 heterocycles. The van der Waals surface area contributed by atoms with Crippen molar-refractivity contribution in [2.45, 2.75) is 20.3 Å². The van der Waals surface area contributed by atoms with Crippen LogP contribution in [0.5, 0.6) is 17.2 Å². The number of fused-ring (bicyclic) bond motifs is 1. The summed E-state index contributed by atoms with van der Waals surface area (Å²) >= 11 is 5.59. The number of aromatic nitrogens is 3. The number of nitrogens with zero attached hydrogens (tertiary/aromatic N) is 3. The number of anilines is 2. The van der Waals surface area contributed by atoms with Crippen molar-refractivity contribution in [3.63, 3.8) is 0 Å². The van der Waals surface area contributed by atoms with Gasteiger partial charge in [0.25, 0.3) is 0 Å². The lowest BCUT2D eigenvalue weighted by Crippen LogP contribution is -2.39. The summed E-state index contributed by atoms with van der Waals surface area (Å²) < 4.78 is 16.2. The van der Waals surface area contributed by atoms with Crippen molar-refractivity contribution in [3.05, 3.63) is 65.6 Å². The second kappa shape index (κ2) is 12.2. The molecule has 0 radical (unpaired) electrons. The van der Waals surface area contributed by atoms with E-state index in [0.29, 0.717) is 47.2 Å². The highest BCUT2D eigenvalue weighted by atomic mass is 32.1. The number of guanidine groups is 1. The molecule has 38 heavy (non-hydrogen) atoms. The Balaban J connectivity index is 1.54. The van der Waals surface area contributed by atoms with Gasteiger partial charge in [0.2, 0.25) is 11.9 Å². The Morgan fingerprint density at radius 2 is 1.63 bits per heavy atom. The normalized spacial score (nSPS) is 11.2. The SMILES string of the molecule is COc1ccc(OC)c(NC(=S)NC(=NCCc2c[nH]c3ccc(OC)cc23)Nc2nc(C)cc(C)n2)c1. The first-order chi connectivity index (χ1) is 18.4. The van der Waals surface area contributed by atoms with Gasteiger partial charge < -0.3 is 29.8 Å². The standard InChI is InChI=1S/C27H31N7O3S/c1-16-12-17(2)31-26(30-16)33-25(34-27(38)32-23-14-20(36-4)7-9-24(23)37-5)28-11-10-18-15-29-22-8-6-19(35-3)13-21(18)22/h6-9,12-15,29H,10-11H2,1-5H3,(H3,28,30,31,32,33,34,38). The predicted octanol–water partition coefficient (Wildman–Crippen LogP) is 4.60. The molecule has 0 saturated carbocycles. The van der Waals surface area contributed by atoms with Crippen LogP contribution in [0.3, 0.4) is 0 Å². The van der Waals surface area contributed by atoms with Gasteiger partial charge in [0.15, 0.2) is 5.11 Å². The maximum atomic E-state index is 5.59. The number of ether oxygens (including phenoxy) is 3. The van der Waals surface area contributed by atoms with E-state index in [0.717, 1.165) is 33.6 Å². The first-order valence-electron chi connectivity index (χ1n) is 12.0. The van der Waals surface area contributed by atoms with Gasteiger partial charge in [-0.2, -0.15) is 0 Å². The summed E-state index contributed by atoms with van der Waals surface area (Å²) in [4.78, 5) is 17.0. The summed E-state index contributed by atoms with van der Waals surface area (Å²) in [7, 11) is 4.86. The van der Waals surface area contributed by atoms with Gasteiger partial charge in [0.05, 0.1) is 27.0 Å². The second-order valence-electron chi connectivity index (χ2n) is 8.45. The van der Waals surface area contributed by atoms with Crippen LogP contribution in [0.2, 0.25) is 0 Å². The van der Waals surface area contributed by atoms with Crippen LogP contribution in [0, 0.1) is 13.8 Å². The molecule has 0 aliphatic heterocycles. The summed E-state index contributed by atoms with van der Waals surface area (Å²) in [6.45, 7) is 4.31. The number of hydrogen-bond donors (Lipinski definition) is 4. The Morgan fingerprint density at radius 1 is 0.921 bits per heavy atom. The minimum absolute atomic E-state index is 0.309. The first-order valence-corrected chi connectivity index (χ1v) is 12.4. The van der Waals surface area contributed by atoms with Crippen LogP contribution in [0.25, 0.3) is 10.9 Å². The van der Waals surface area contributed by atoms with Crippen molar-refractivity contribution in [2.24, 2.45) is 4.99 Å². The van der Waals surface area contributed by atoms with E-state index in [9.17, 15) is 0 Å². The van der Waals surface area contributed by atoms with E-state index in [1.807, 2.05) is 50.4 Å². The zero-order chi connectivity index (χ0) is 27.1. The number of aromatic amines is 1. The zero-order valence-corrected chi connectivity index (χ0v) is 22.8. The topological polar surface area (TPSA) is 118 Å². The van der Waals surface area contributed by atoms with Crippen LogP contribution in [-0.4, -0.2) is 53.9 Å². The van der Waals surface area contributed by atoms with Crippen molar-refractivity contribution in [2.75, 3.05) is 38.5 Å². The van der Waals surface area contributed by atoms with Crippen LogP contribution < -0.4 is 30.2 Å². The average molecular weight is 534 g/mol. The van der Waals surface area contributed by atoms with Crippen LogP contribution in [-0.2, 0) is 6.42 Å². The number of aliphatic imine (C=N–C) groups is 1. The monoisotopic (exact) mass is 533 g/mol. The third kappa shape index (κ3) is 6.68. The van der Waals surface area contributed by atoms with Crippen molar-refractivity contribution >= 4 is 45.8 Å². The molecule has 2 aromatic carbocycles. The first kappa shape index (κ1) is 26.7. The number of rotatable bonds is 8. The van der Waals surface area contributed by atoms with Gasteiger partial charge in [0, 0.05) is 41.1 Å². The van der Waals surface area contributed by atoms with E-state index in [4.69, 9.17) is 31.4 Å². The summed E-state index contributed by atoms with van der Waals surface area (Å²) in [5.41, 5.74) is 4.51. The molecule has 11 heteroatoms. The minimum atomic E-state index is 0.309. The number of hydrogen-bond acceptors (Lipinski definition) is 7. The van der Waals surface area contributed by atoms with Crippen LogP contribution in [0.4, 0.5) is 11.6 Å². The molecule has 4 N–H and O–H groups in total. The van der Waals surface area contributed by atoms with E-state index in [1.54, 1.807) is 33.5 Å². The predicted molar refractivity (Wildman–Crippen MR) is 155 cm³/mol. The maximum absolute atomic E-state index is 5.59. The Kier molecular flexibility index (Phi) is 8.59.